The normalized spacial score (nSPS) is 10.6. The predicted molar refractivity (Wildman–Crippen MR) is 75.7 cm³/mol. The first-order chi connectivity index (χ1) is 9.52. The number of carbonyl (C=O) groups is 1. The summed E-state index contributed by atoms with van der Waals surface area (Å²) < 4.78 is 7.25. The van der Waals surface area contributed by atoms with Gasteiger partial charge in [0.2, 0.25) is 5.88 Å². The lowest BCUT2D eigenvalue weighted by atomic mass is 10.2. The Hall–Kier alpha value is -2.34. The summed E-state index contributed by atoms with van der Waals surface area (Å²) in [6.45, 7) is 2.51. The molecule has 1 aromatic heterocycles. The maximum atomic E-state index is 11.5. The first-order valence-electron chi connectivity index (χ1n) is 6.27. The van der Waals surface area contributed by atoms with Crippen LogP contribution in [0.2, 0.25) is 0 Å². The van der Waals surface area contributed by atoms with Gasteiger partial charge in [0.15, 0.2) is 0 Å². The monoisotopic (exact) mass is 274 g/mol. The van der Waals surface area contributed by atoms with E-state index in [1.165, 1.54) is 4.68 Å². The Labute approximate surface area is 117 Å². The van der Waals surface area contributed by atoms with E-state index >= 15 is 0 Å². The first kappa shape index (κ1) is 14.1. The fraction of sp³-hybridized carbons (Fsp3) is 0.286. The van der Waals surface area contributed by atoms with Crippen molar-refractivity contribution in [2.75, 3.05) is 7.05 Å². The summed E-state index contributed by atoms with van der Waals surface area (Å²) in [4.78, 5) is 11.5. The van der Waals surface area contributed by atoms with Crippen molar-refractivity contribution in [3.05, 3.63) is 41.1 Å². The number of hydrogen-bond donors (Lipinski definition) is 2. The molecular weight excluding hydrogens is 256 g/mol. The molecule has 2 aromatic rings. The third-order valence-electron chi connectivity index (χ3n) is 2.93. The number of aryl methyl sites for hydroxylation is 2. The molecule has 1 aromatic carbocycles. The van der Waals surface area contributed by atoms with Crippen LogP contribution in [0.1, 0.15) is 21.6 Å². The average Bonchev–Trinajstić information content (AvgIpc) is 2.67. The second kappa shape index (κ2) is 5.75. The standard InChI is InChI=1S/C14H18N4O2/c1-9-12(13(15)19)14(18(3)17-9)20-11-6-4-10(5-7-11)8-16-2/h4-7,16H,8H2,1-3H3,(H2,15,19). The third-order valence-corrected chi connectivity index (χ3v) is 2.93. The molecule has 1 amide bonds. The van der Waals surface area contributed by atoms with Crippen LogP contribution in [-0.4, -0.2) is 22.7 Å². The number of nitrogens with one attached hydrogen (secondary N) is 1. The number of hydrogen-bond acceptors (Lipinski definition) is 4. The van der Waals surface area contributed by atoms with E-state index in [-0.39, 0.29) is 0 Å². The van der Waals surface area contributed by atoms with Crippen molar-refractivity contribution in [1.82, 2.24) is 15.1 Å². The van der Waals surface area contributed by atoms with Crippen LogP contribution in [0.25, 0.3) is 0 Å². The molecule has 0 saturated heterocycles. The largest absolute Gasteiger partial charge is 0.438 e. The van der Waals surface area contributed by atoms with Crippen molar-refractivity contribution >= 4 is 5.91 Å². The lowest BCUT2D eigenvalue weighted by Crippen LogP contribution is -2.13. The molecule has 0 atom stereocenters. The maximum absolute atomic E-state index is 11.5. The summed E-state index contributed by atoms with van der Waals surface area (Å²) >= 11 is 0. The zero-order chi connectivity index (χ0) is 14.7. The van der Waals surface area contributed by atoms with E-state index in [1.54, 1.807) is 14.0 Å². The van der Waals surface area contributed by atoms with Gasteiger partial charge in [0.1, 0.15) is 11.3 Å². The molecular formula is C14H18N4O2. The highest BCUT2D eigenvalue weighted by Gasteiger charge is 2.19. The topological polar surface area (TPSA) is 82.2 Å². The van der Waals surface area contributed by atoms with Crippen molar-refractivity contribution < 1.29 is 9.53 Å². The van der Waals surface area contributed by atoms with E-state index in [4.69, 9.17) is 10.5 Å². The van der Waals surface area contributed by atoms with Gasteiger partial charge in [-0.3, -0.25) is 4.79 Å². The van der Waals surface area contributed by atoms with Gasteiger partial charge in [0.05, 0.1) is 5.69 Å². The van der Waals surface area contributed by atoms with E-state index in [0.29, 0.717) is 22.9 Å². The molecule has 0 bridgehead atoms. The van der Waals surface area contributed by atoms with Crippen molar-refractivity contribution in [2.45, 2.75) is 13.5 Å². The van der Waals surface area contributed by atoms with Crippen molar-refractivity contribution in [1.29, 1.82) is 0 Å². The van der Waals surface area contributed by atoms with Crippen LogP contribution >= 0.6 is 0 Å². The molecule has 0 aliphatic carbocycles. The second-order valence-electron chi connectivity index (χ2n) is 4.53. The zero-order valence-electron chi connectivity index (χ0n) is 11.8. The molecule has 0 unspecified atom stereocenters. The number of primary amides is 1. The summed E-state index contributed by atoms with van der Waals surface area (Å²) in [5, 5.41) is 7.23. The molecule has 0 aliphatic rings. The van der Waals surface area contributed by atoms with Crippen LogP contribution in [-0.2, 0) is 13.6 Å². The quantitative estimate of drug-likeness (QED) is 0.862. The second-order valence-corrected chi connectivity index (χ2v) is 4.53. The lowest BCUT2D eigenvalue weighted by Gasteiger charge is -2.08. The molecule has 106 valence electrons. The molecule has 0 spiro atoms. The van der Waals surface area contributed by atoms with E-state index in [9.17, 15) is 4.79 Å². The zero-order valence-corrected chi connectivity index (χ0v) is 11.8. The van der Waals surface area contributed by atoms with Crippen LogP contribution < -0.4 is 15.8 Å². The Morgan fingerprint density at radius 3 is 2.60 bits per heavy atom. The van der Waals surface area contributed by atoms with Gasteiger partial charge >= 0.3 is 0 Å². The Morgan fingerprint density at radius 1 is 1.40 bits per heavy atom. The van der Waals surface area contributed by atoms with Crippen molar-refractivity contribution in [3.63, 3.8) is 0 Å². The number of benzene rings is 1. The van der Waals surface area contributed by atoms with Gasteiger partial charge in [-0.1, -0.05) is 12.1 Å². The maximum Gasteiger partial charge on any atom is 0.256 e. The van der Waals surface area contributed by atoms with Gasteiger partial charge in [-0.05, 0) is 31.7 Å². The number of amides is 1. The Balaban J connectivity index is 2.28. The third kappa shape index (κ3) is 2.80. The molecule has 20 heavy (non-hydrogen) atoms. The number of nitrogens with two attached hydrogens (primary N) is 1. The van der Waals surface area contributed by atoms with Crippen molar-refractivity contribution in [2.24, 2.45) is 12.8 Å². The number of carbonyl (C=O) groups excluding carboxylic acids is 1. The molecule has 6 nitrogen and oxygen atoms in total. The summed E-state index contributed by atoms with van der Waals surface area (Å²) in [5.74, 6) is 0.448. The SMILES string of the molecule is CNCc1ccc(Oc2c(C(N)=O)c(C)nn2C)cc1. The van der Waals surface area contributed by atoms with E-state index in [1.807, 2.05) is 31.3 Å². The predicted octanol–water partition coefficient (Wildman–Crippen LogP) is 1.34. The minimum atomic E-state index is -0.544. The summed E-state index contributed by atoms with van der Waals surface area (Å²) in [7, 11) is 3.60. The van der Waals surface area contributed by atoms with Gasteiger partial charge in [0, 0.05) is 13.6 Å². The Bertz CT molecular complexity index is 617. The number of aromatic nitrogens is 2. The molecule has 1 heterocycles. The van der Waals surface area contributed by atoms with E-state index < -0.39 is 5.91 Å². The Morgan fingerprint density at radius 2 is 2.05 bits per heavy atom. The van der Waals surface area contributed by atoms with E-state index in [2.05, 4.69) is 10.4 Å². The highest BCUT2D eigenvalue weighted by atomic mass is 16.5. The van der Waals surface area contributed by atoms with Gasteiger partial charge < -0.3 is 15.8 Å². The van der Waals surface area contributed by atoms with Gasteiger partial charge in [0.25, 0.3) is 5.91 Å². The van der Waals surface area contributed by atoms with Crippen LogP contribution in [0, 0.1) is 6.92 Å². The molecule has 3 N–H and O–H groups in total. The molecule has 0 radical (unpaired) electrons. The smallest absolute Gasteiger partial charge is 0.256 e. The van der Waals surface area contributed by atoms with Gasteiger partial charge in [-0.25, -0.2) is 4.68 Å². The minimum Gasteiger partial charge on any atom is -0.438 e. The fourth-order valence-electron chi connectivity index (χ4n) is 2.03. The Kier molecular flexibility index (Phi) is 4.05. The summed E-state index contributed by atoms with van der Waals surface area (Å²) in [6.07, 6.45) is 0. The van der Waals surface area contributed by atoms with Crippen LogP contribution in [0.15, 0.2) is 24.3 Å². The number of nitrogens with zero attached hydrogens (tertiary/aromatic N) is 2. The summed E-state index contributed by atoms with van der Waals surface area (Å²) in [6, 6.07) is 7.61. The molecule has 0 saturated carbocycles. The number of rotatable bonds is 5. The van der Waals surface area contributed by atoms with Gasteiger partial charge in [-0.2, -0.15) is 5.10 Å². The van der Waals surface area contributed by atoms with Crippen LogP contribution in [0.3, 0.4) is 0 Å². The average molecular weight is 274 g/mol. The summed E-state index contributed by atoms with van der Waals surface area (Å²) in [5.41, 5.74) is 7.38. The minimum absolute atomic E-state index is 0.312. The number of ether oxygens (including phenoxy) is 1. The highest BCUT2D eigenvalue weighted by molar-refractivity contribution is 5.96. The van der Waals surface area contributed by atoms with Crippen LogP contribution in [0.4, 0.5) is 0 Å². The van der Waals surface area contributed by atoms with Gasteiger partial charge in [-0.15, -0.1) is 0 Å². The molecule has 6 heteroatoms. The lowest BCUT2D eigenvalue weighted by molar-refractivity contribution is 0.0997. The fourth-order valence-corrected chi connectivity index (χ4v) is 2.03. The molecule has 2 rings (SSSR count). The van der Waals surface area contributed by atoms with Crippen molar-refractivity contribution in [3.8, 4) is 11.6 Å². The highest BCUT2D eigenvalue weighted by Crippen LogP contribution is 2.27. The van der Waals surface area contributed by atoms with E-state index in [0.717, 1.165) is 12.1 Å². The first-order valence-corrected chi connectivity index (χ1v) is 6.27. The molecule has 0 fully saturated rings. The molecule has 0 aliphatic heterocycles. The van der Waals surface area contributed by atoms with Crippen LogP contribution in [0.5, 0.6) is 11.6 Å².